The maximum atomic E-state index is 13.8. The van der Waals surface area contributed by atoms with Gasteiger partial charge in [-0.05, 0) is 35.9 Å². The third kappa shape index (κ3) is 4.75. The Kier molecular flexibility index (Phi) is 6.83. The van der Waals surface area contributed by atoms with Gasteiger partial charge in [0.2, 0.25) is 5.75 Å². The molecule has 32 heavy (non-hydrogen) atoms. The van der Waals surface area contributed by atoms with Gasteiger partial charge in [0.15, 0.2) is 17.2 Å². The standard InChI is InChI=1S/C21H19ClF3N3O4/c1-30-16-7-12(8-17(31-2)18(16)32-3)10-26-20(29)15-11-27-28(19(15)21(23,24)25)14-6-4-5-13(22)9-14/h4-9,11H,10H2,1-3H3,(H,26,29). The summed E-state index contributed by atoms with van der Waals surface area (Å²) in [7, 11) is 4.30. The van der Waals surface area contributed by atoms with E-state index in [-0.39, 0.29) is 17.3 Å². The lowest BCUT2D eigenvalue weighted by Gasteiger charge is -2.15. The van der Waals surface area contributed by atoms with Gasteiger partial charge in [-0.15, -0.1) is 0 Å². The molecule has 0 fully saturated rings. The molecule has 7 nitrogen and oxygen atoms in total. The van der Waals surface area contributed by atoms with E-state index in [0.717, 1.165) is 6.20 Å². The van der Waals surface area contributed by atoms with Crippen molar-refractivity contribution in [1.82, 2.24) is 15.1 Å². The first-order valence-corrected chi connectivity index (χ1v) is 9.55. The zero-order valence-corrected chi connectivity index (χ0v) is 18.0. The molecule has 0 spiro atoms. The van der Waals surface area contributed by atoms with Gasteiger partial charge in [0, 0.05) is 11.6 Å². The van der Waals surface area contributed by atoms with Gasteiger partial charge in [-0.25, -0.2) is 4.68 Å². The predicted octanol–water partition coefficient (Wildman–Crippen LogP) is 4.50. The van der Waals surface area contributed by atoms with E-state index in [0.29, 0.717) is 27.5 Å². The van der Waals surface area contributed by atoms with Gasteiger partial charge in [0.1, 0.15) is 0 Å². The van der Waals surface area contributed by atoms with Gasteiger partial charge in [0.05, 0.1) is 38.8 Å². The number of methoxy groups -OCH3 is 3. The first kappa shape index (κ1) is 23.3. The molecule has 0 aliphatic heterocycles. The second-order valence-corrected chi connectivity index (χ2v) is 6.95. The maximum absolute atomic E-state index is 13.8. The summed E-state index contributed by atoms with van der Waals surface area (Å²) in [5.41, 5.74) is -1.22. The van der Waals surface area contributed by atoms with Crippen LogP contribution >= 0.6 is 11.6 Å². The van der Waals surface area contributed by atoms with E-state index in [9.17, 15) is 18.0 Å². The third-order valence-corrected chi connectivity index (χ3v) is 4.75. The van der Waals surface area contributed by atoms with Crippen molar-refractivity contribution in [3.63, 3.8) is 0 Å². The summed E-state index contributed by atoms with van der Waals surface area (Å²) >= 11 is 5.89. The summed E-state index contributed by atoms with van der Waals surface area (Å²) in [4.78, 5) is 12.7. The van der Waals surface area contributed by atoms with E-state index < -0.39 is 23.3 Å². The number of hydrogen-bond donors (Lipinski definition) is 1. The second-order valence-electron chi connectivity index (χ2n) is 6.51. The van der Waals surface area contributed by atoms with E-state index in [1.807, 2.05) is 0 Å². The monoisotopic (exact) mass is 469 g/mol. The third-order valence-electron chi connectivity index (χ3n) is 4.51. The molecule has 1 heterocycles. The number of nitrogens with one attached hydrogen (secondary N) is 1. The lowest BCUT2D eigenvalue weighted by Crippen LogP contribution is -2.26. The summed E-state index contributed by atoms with van der Waals surface area (Å²) in [5, 5.41) is 6.48. The highest BCUT2D eigenvalue weighted by molar-refractivity contribution is 6.30. The Morgan fingerprint density at radius 1 is 1.09 bits per heavy atom. The van der Waals surface area contributed by atoms with Gasteiger partial charge in [-0.1, -0.05) is 17.7 Å². The van der Waals surface area contributed by atoms with E-state index in [1.54, 1.807) is 12.1 Å². The number of rotatable bonds is 7. The Bertz CT molecular complexity index is 1110. The van der Waals surface area contributed by atoms with Crippen molar-refractivity contribution in [3.8, 4) is 22.9 Å². The van der Waals surface area contributed by atoms with Crippen LogP contribution in [0.3, 0.4) is 0 Å². The molecule has 0 atom stereocenters. The first-order chi connectivity index (χ1) is 15.2. The van der Waals surface area contributed by atoms with Crippen LogP contribution in [-0.2, 0) is 12.7 Å². The van der Waals surface area contributed by atoms with Gasteiger partial charge >= 0.3 is 6.18 Å². The van der Waals surface area contributed by atoms with Crippen molar-refractivity contribution in [3.05, 3.63) is 64.4 Å². The summed E-state index contributed by atoms with van der Waals surface area (Å²) < 4.78 is 57.8. The molecule has 3 rings (SSSR count). The Hall–Kier alpha value is -3.40. The van der Waals surface area contributed by atoms with E-state index in [2.05, 4.69) is 10.4 Å². The molecule has 0 saturated heterocycles. The van der Waals surface area contributed by atoms with Crippen LogP contribution in [0.2, 0.25) is 5.02 Å². The molecule has 1 N–H and O–H groups in total. The van der Waals surface area contributed by atoms with E-state index >= 15 is 0 Å². The molecule has 0 unspecified atom stereocenters. The smallest absolute Gasteiger partial charge is 0.434 e. The molecular formula is C21H19ClF3N3O4. The van der Waals surface area contributed by atoms with Crippen LogP contribution in [-0.4, -0.2) is 37.0 Å². The molecule has 170 valence electrons. The zero-order valence-electron chi connectivity index (χ0n) is 17.3. The quantitative estimate of drug-likeness (QED) is 0.551. The predicted molar refractivity (Wildman–Crippen MR) is 111 cm³/mol. The van der Waals surface area contributed by atoms with Crippen molar-refractivity contribution >= 4 is 17.5 Å². The van der Waals surface area contributed by atoms with Crippen LogP contribution in [0.1, 0.15) is 21.6 Å². The fraction of sp³-hybridized carbons (Fsp3) is 0.238. The molecule has 0 aliphatic carbocycles. The van der Waals surface area contributed by atoms with Crippen LogP contribution in [0.25, 0.3) is 5.69 Å². The minimum Gasteiger partial charge on any atom is -0.493 e. The minimum atomic E-state index is -4.84. The Balaban J connectivity index is 1.91. The van der Waals surface area contributed by atoms with Crippen LogP contribution in [0.4, 0.5) is 13.2 Å². The van der Waals surface area contributed by atoms with Crippen molar-refractivity contribution in [2.45, 2.75) is 12.7 Å². The van der Waals surface area contributed by atoms with Gasteiger partial charge in [-0.2, -0.15) is 18.3 Å². The van der Waals surface area contributed by atoms with Crippen molar-refractivity contribution < 1.29 is 32.2 Å². The molecule has 0 radical (unpaired) electrons. The fourth-order valence-corrected chi connectivity index (χ4v) is 3.29. The normalized spacial score (nSPS) is 11.2. The van der Waals surface area contributed by atoms with Crippen molar-refractivity contribution in [2.24, 2.45) is 0 Å². The Labute approximate surface area is 186 Å². The van der Waals surface area contributed by atoms with Gasteiger partial charge in [0.25, 0.3) is 5.91 Å². The molecule has 2 aromatic carbocycles. The Morgan fingerprint density at radius 3 is 2.28 bits per heavy atom. The highest BCUT2D eigenvalue weighted by Gasteiger charge is 2.40. The zero-order chi connectivity index (χ0) is 23.5. The molecular weight excluding hydrogens is 451 g/mol. The largest absolute Gasteiger partial charge is 0.493 e. The minimum absolute atomic E-state index is 0.0773. The molecule has 1 aromatic heterocycles. The van der Waals surface area contributed by atoms with Crippen LogP contribution in [0, 0.1) is 0 Å². The maximum Gasteiger partial charge on any atom is 0.434 e. The summed E-state index contributed by atoms with van der Waals surface area (Å²) in [6, 6.07) is 8.91. The number of carbonyl (C=O) groups excluding carboxylic acids is 1. The topological polar surface area (TPSA) is 74.6 Å². The fourth-order valence-electron chi connectivity index (χ4n) is 3.11. The van der Waals surface area contributed by atoms with Crippen molar-refractivity contribution in [1.29, 1.82) is 0 Å². The van der Waals surface area contributed by atoms with Crippen molar-refractivity contribution in [2.75, 3.05) is 21.3 Å². The average Bonchev–Trinajstić information content (AvgIpc) is 3.22. The molecule has 11 heteroatoms. The Morgan fingerprint density at radius 2 is 1.75 bits per heavy atom. The number of carbonyl (C=O) groups is 1. The molecule has 0 aliphatic rings. The van der Waals surface area contributed by atoms with E-state index in [4.69, 9.17) is 25.8 Å². The van der Waals surface area contributed by atoms with Crippen LogP contribution in [0.15, 0.2) is 42.6 Å². The number of ether oxygens (including phenoxy) is 3. The molecule has 0 saturated carbocycles. The van der Waals surface area contributed by atoms with E-state index in [1.165, 1.54) is 45.6 Å². The molecule has 1 amide bonds. The summed E-state index contributed by atoms with van der Waals surface area (Å²) in [6.45, 7) is -0.0881. The number of alkyl halides is 3. The highest BCUT2D eigenvalue weighted by atomic mass is 35.5. The number of aromatic nitrogens is 2. The number of halogens is 4. The molecule has 3 aromatic rings. The summed E-state index contributed by atoms with van der Waals surface area (Å²) in [5.74, 6) is 0.105. The lowest BCUT2D eigenvalue weighted by atomic mass is 10.1. The lowest BCUT2D eigenvalue weighted by molar-refractivity contribution is -0.143. The number of hydrogen-bond acceptors (Lipinski definition) is 5. The summed E-state index contributed by atoms with van der Waals surface area (Å²) in [6.07, 6.45) is -3.97. The highest BCUT2D eigenvalue weighted by Crippen LogP contribution is 2.38. The number of amides is 1. The average molecular weight is 470 g/mol. The number of nitrogens with zero attached hydrogens (tertiary/aromatic N) is 2. The van der Waals surface area contributed by atoms with Gasteiger partial charge < -0.3 is 19.5 Å². The number of benzene rings is 2. The SMILES string of the molecule is COc1cc(CNC(=O)c2cnn(-c3cccc(Cl)c3)c2C(F)(F)F)cc(OC)c1OC. The second kappa shape index (κ2) is 9.39. The van der Waals surface area contributed by atoms with Gasteiger partial charge in [-0.3, -0.25) is 4.79 Å². The molecule has 0 bridgehead atoms. The first-order valence-electron chi connectivity index (χ1n) is 9.17. The van der Waals surface area contributed by atoms with Crippen LogP contribution < -0.4 is 19.5 Å². The van der Waals surface area contributed by atoms with Crippen LogP contribution in [0.5, 0.6) is 17.2 Å².